The molecule has 0 unspecified atom stereocenters. The quantitative estimate of drug-likeness (QED) is 0.0514. The molecule has 1 rings (SSSR count). The van der Waals surface area contributed by atoms with Crippen molar-refractivity contribution >= 4 is 12.3 Å². The number of hydrogen-bond acceptors (Lipinski definition) is 14. The normalized spacial score (nSPS) is 11.3. The number of aldehydes is 1. The van der Waals surface area contributed by atoms with E-state index in [2.05, 4.69) is 6.92 Å². The Kier molecular flexibility index (Phi) is 37.7. The van der Waals surface area contributed by atoms with Gasteiger partial charge in [-0.25, -0.2) is 0 Å². The van der Waals surface area contributed by atoms with Crippen molar-refractivity contribution in [1.29, 1.82) is 0 Å². The second-order valence-corrected chi connectivity index (χ2v) is 11.8. The van der Waals surface area contributed by atoms with Crippen LogP contribution in [0, 0.1) is 0 Å². The predicted molar refractivity (Wildman–Crippen MR) is 199 cm³/mol. The van der Waals surface area contributed by atoms with Crippen LogP contribution in [0.4, 0.5) is 0 Å². The van der Waals surface area contributed by atoms with E-state index in [1.54, 1.807) is 24.3 Å². The van der Waals surface area contributed by atoms with Crippen LogP contribution in [-0.4, -0.2) is 158 Å². The predicted octanol–water partition coefficient (Wildman–Crippen LogP) is 4.73. The topological polar surface area (TPSA) is 145 Å². The Labute approximate surface area is 317 Å². The fraction of sp³-hybridized carbons (Fsp3) is 0.795. The lowest BCUT2D eigenvalue weighted by molar-refractivity contribution is -0.145. The molecule has 0 saturated carbocycles. The van der Waals surface area contributed by atoms with Gasteiger partial charge in [-0.05, 0) is 30.7 Å². The summed E-state index contributed by atoms with van der Waals surface area (Å²) in [4.78, 5) is 22.4. The molecule has 14 heteroatoms. The van der Waals surface area contributed by atoms with E-state index in [1.807, 2.05) is 0 Å². The third-order valence-corrected chi connectivity index (χ3v) is 7.34. The van der Waals surface area contributed by atoms with E-state index in [1.165, 1.54) is 32.1 Å². The van der Waals surface area contributed by atoms with E-state index in [0.29, 0.717) is 156 Å². The van der Waals surface area contributed by atoms with Gasteiger partial charge in [0.2, 0.25) is 0 Å². The van der Waals surface area contributed by atoms with Gasteiger partial charge in [0.15, 0.2) is 0 Å². The van der Waals surface area contributed by atoms with Gasteiger partial charge < -0.3 is 56.8 Å². The number of hydrogen-bond donors (Lipinski definition) is 0. The summed E-state index contributed by atoms with van der Waals surface area (Å²) in [5, 5.41) is 0. The molecule has 0 aliphatic carbocycles. The molecule has 308 valence electrons. The number of benzene rings is 1. The Bertz CT molecular complexity index is 905. The highest BCUT2D eigenvalue weighted by Crippen LogP contribution is 2.11. The fourth-order valence-corrected chi connectivity index (χ4v) is 4.46. The number of carbonyl (C=O) groups excluding carboxylic acids is 2. The monoisotopic (exact) mass is 760 g/mol. The molecule has 0 aliphatic rings. The minimum Gasteiger partial charge on any atom is -0.491 e. The maximum absolute atomic E-state index is 11.7. The first-order valence-electron chi connectivity index (χ1n) is 19.4. The molecule has 0 aromatic heterocycles. The summed E-state index contributed by atoms with van der Waals surface area (Å²) in [7, 11) is 0. The zero-order valence-corrected chi connectivity index (χ0v) is 32.3. The summed E-state index contributed by atoms with van der Waals surface area (Å²) in [6, 6.07) is 6.93. The van der Waals surface area contributed by atoms with Gasteiger partial charge in [0.1, 0.15) is 25.2 Å². The van der Waals surface area contributed by atoms with Crippen LogP contribution >= 0.6 is 0 Å². The number of esters is 1. The van der Waals surface area contributed by atoms with Crippen molar-refractivity contribution in [3.8, 4) is 5.75 Å². The van der Waals surface area contributed by atoms with E-state index in [9.17, 15) is 9.59 Å². The Morgan fingerprint density at radius 2 is 0.755 bits per heavy atom. The first kappa shape index (κ1) is 48.8. The summed E-state index contributed by atoms with van der Waals surface area (Å²) in [6.45, 7) is 12.5. The van der Waals surface area contributed by atoms with Crippen LogP contribution in [0.5, 0.6) is 5.75 Å². The zero-order valence-electron chi connectivity index (χ0n) is 32.3. The second-order valence-electron chi connectivity index (χ2n) is 11.8. The summed E-state index contributed by atoms with van der Waals surface area (Å²) in [5.41, 5.74) is 0.616. The molecule has 0 heterocycles. The Balaban J connectivity index is 1.64. The van der Waals surface area contributed by atoms with Crippen LogP contribution in [0.2, 0.25) is 0 Å². The third kappa shape index (κ3) is 36.5. The molecule has 0 fully saturated rings. The lowest BCUT2D eigenvalue weighted by Gasteiger charge is -2.09. The highest BCUT2D eigenvalue weighted by Gasteiger charge is 2.03. The molecule has 0 bridgehead atoms. The number of ether oxygens (including phenoxy) is 12. The van der Waals surface area contributed by atoms with Gasteiger partial charge in [0.25, 0.3) is 0 Å². The maximum Gasteiger partial charge on any atom is 0.305 e. The highest BCUT2D eigenvalue weighted by molar-refractivity contribution is 5.74. The second kappa shape index (κ2) is 40.9. The number of unbranched alkanes of at least 4 members (excludes halogenated alkanes) is 6. The van der Waals surface area contributed by atoms with Gasteiger partial charge in [-0.15, -0.1) is 0 Å². The first-order valence-corrected chi connectivity index (χ1v) is 19.4. The van der Waals surface area contributed by atoms with Crippen LogP contribution in [-0.2, 0) is 56.9 Å². The minimum absolute atomic E-state index is 0.144. The molecule has 14 nitrogen and oxygen atoms in total. The standard InChI is InChI=1S/C39H68O14/c1-2-3-4-5-6-7-8-9-39(41)53-35-33-51-31-29-49-27-25-47-23-21-45-19-17-43-15-14-42-16-18-44-20-22-46-24-26-48-28-30-50-32-34-52-38-12-10-37(36-40)11-13-38/h10-13,36H,2-9,14-35H2,1H3. The molecule has 0 N–H and O–H groups in total. The molecule has 0 spiro atoms. The molecule has 1 aromatic rings. The van der Waals surface area contributed by atoms with E-state index >= 15 is 0 Å². The van der Waals surface area contributed by atoms with Gasteiger partial charge in [0.05, 0.1) is 132 Å². The minimum atomic E-state index is -0.144. The Hall–Kier alpha value is -2.24. The highest BCUT2D eigenvalue weighted by atomic mass is 16.6. The van der Waals surface area contributed by atoms with E-state index in [4.69, 9.17) is 56.8 Å². The van der Waals surface area contributed by atoms with Crippen molar-refractivity contribution in [3.05, 3.63) is 29.8 Å². The largest absolute Gasteiger partial charge is 0.491 e. The Morgan fingerprint density at radius 1 is 0.434 bits per heavy atom. The van der Waals surface area contributed by atoms with Crippen LogP contribution in [0.15, 0.2) is 24.3 Å². The summed E-state index contributed by atoms with van der Waals surface area (Å²) in [5.74, 6) is 0.557. The molecule has 53 heavy (non-hydrogen) atoms. The zero-order chi connectivity index (χ0) is 38.0. The van der Waals surface area contributed by atoms with Crippen molar-refractivity contribution in [3.63, 3.8) is 0 Å². The number of rotatable bonds is 43. The maximum atomic E-state index is 11.7. The van der Waals surface area contributed by atoms with Crippen LogP contribution in [0.1, 0.15) is 68.6 Å². The number of carbonyl (C=O) groups is 2. The summed E-state index contributed by atoms with van der Waals surface area (Å²) >= 11 is 0. The Morgan fingerprint density at radius 3 is 1.11 bits per heavy atom. The first-order chi connectivity index (χ1) is 26.3. The van der Waals surface area contributed by atoms with Crippen molar-refractivity contribution < 1.29 is 66.4 Å². The van der Waals surface area contributed by atoms with E-state index < -0.39 is 0 Å². The van der Waals surface area contributed by atoms with Crippen LogP contribution in [0.25, 0.3) is 0 Å². The third-order valence-electron chi connectivity index (χ3n) is 7.34. The average molecular weight is 761 g/mol. The van der Waals surface area contributed by atoms with Gasteiger partial charge in [-0.2, -0.15) is 0 Å². The fourth-order valence-electron chi connectivity index (χ4n) is 4.46. The molecular weight excluding hydrogens is 692 g/mol. The SMILES string of the molecule is CCCCCCCCCC(=O)OCCOCCOCCOCCOCCOCCOCCOCCOCCOCCOCCOc1ccc(C=O)cc1. The lowest BCUT2D eigenvalue weighted by atomic mass is 10.1. The van der Waals surface area contributed by atoms with Gasteiger partial charge in [-0.1, -0.05) is 45.4 Å². The smallest absolute Gasteiger partial charge is 0.305 e. The van der Waals surface area contributed by atoms with Gasteiger partial charge in [0, 0.05) is 12.0 Å². The molecule has 0 atom stereocenters. The van der Waals surface area contributed by atoms with E-state index in [-0.39, 0.29) is 12.6 Å². The van der Waals surface area contributed by atoms with Crippen molar-refractivity contribution in [1.82, 2.24) is 0 Å². The van der Waals surface area contributed by atoms with Crippen molar-refractivity contribution in [2.24, 2.45) is 0 Å². The molecule has 1 aromatic carbocycles. The molecule has 0 aliphatic heterocycles. The van der Waals surface area contributed by atoms with Crippen LogP contribution in [0.3, 0.4) is 0 Å². The molecule has 0 saturated heterocycles. The van der Waals surface area contributed by atoms with E-state index in [0.717, 1.165) is 19.1 Å². The lowest BCUT2D eigenvalue weighted by Crippen LogP contribution is -2.15. The summed E-state index contributed by atoms with van der Waals surface area (Å²) < 4.78 is 65.5. The molecule has 0 amide bonds. The molecular formula is C39H68O14. The van der Waals surface area contributed by atoms with Gasteiger partial charge >= 0.3 is 5.97 Å². The summed E-state index contributed by atoms with van der Waals surface area (Å²) in [6.07, 6.45) is 9.57. The van der Waals surface area contributed by atoms with Crippen molar-refractivity contribution in [2.75, 3.05) is 145 Å². The van der Waals surface area contributed by atoms with Gasteiger partial charge in [-0.3, -0.25) is 9.59 Å². The van der Waals surface area contributed by atoms with Crippen molar-refractivity contribution in [2.45, 2.75) is 58.3 Å². The average Bonchev–Trinajstić information content (AvgIpc) is 3.18. The molecule has 0 radical (unpaired) electrons. The van der Waals surface area contributed by atoms with Crippen LogP contribution < -0.4 is 4.74 Å².